The smallest absolute Gasteiger partial charge is 0.312 e. The fourth-order valence-electron chi connectivity index (χ4n) is 1.66. The largest absolute Gasteiger partial charge is 0.469 e. The van der Waals surface area contributed by atoms with Crippen LogP contribution in [0.4, 0.5) is 0 Å². The fourth-order valence-corrected chi connectivity index (χ4v) is 1.66. The molecule has 0 aliphatic carbocycles. The first-order valence-electron chi connectivity index (χ1n) is 4.46. The van der Waals surface area contributed by atoms with Gasteiger partial charge >= 0.3 is 5.97 Å². The maximum Gasteiger partial charge on any atom is 0.312 e. The lowest BCUT2D eigenvalue weighted by atomic mass is 9.83. The van der Waals surface area contributed by atoms with Gasteiger partial charge in [0.25, 0.3) is 0 Å². The fraction of sp³-hybridized carbons (Fsp3) is 0.889. The molecular weight excluding hydrogens is 170 g/mol. The summed E-state index contributed by atoms with van der Waals surface area (Å²) in [7, 11) is 3.29. The van der Waals surface area contributed by atoms with Crippen molar-refractivity contribution in [2.75, 3.05) is 27.2 Å². The van der Waals surface area contributed by atoms with Crippen LogP contribution < -0.4 is 0 Å². The zero-order valence-electron chi connectivity index (χ0n) is 8.41. The first kappa shape index (κ1) is 10.5. The summed E-state index contributed by atoms with van der Waals surface area (Å²) in [5.41, 5.74) is -0.917. The lowest BCUT2D eigenvalue weighted by Crippen LogP contribution is -2.52. The van der Waals surface area contributed by atoms with Crippen LogP contribution in [0.5, 0.6) is 0 Å². The van der Waals surface area contributed by atoms with Gasteiger partial charge in [0.1, 0.15) is 0 Å². The van der Waals surface area contributed by atoms with Crippen LogP contribution >= 0.6 is 0 Å². The van der Waals surface area contributed by atoms with Crippen molar-refractivity contribution in [3.63, 3.8) is 0 Å². The summed E-state index contributed by atoms with van der Waals surface area (Å²) in [6.07, 6.45) is 0.614. The van der Waals surface area contributed by atoms with E-state index in [9.17, 15) is 9.90 Å². The first-order valence-corrected chi connectivity index (χ1v) is 4.46. The summed E-state index contributed by atoms with van der Waals surface area (Å²) >= 11 is 0. The number of carbonyl (C=O) groups excluding carboxylic acids is 1. The van der Waals surface area contributed by atoms with Gasteiger partial charge in [0, 0.05) is 13.1 Å². The van der Waals surface area contributed by atoms with Gasteiger partial charge in [0.05, 0.1) is 18.6 Å². The number of hydrogen-bond acceptors (Lipinski definition) is 4. The van der Waals surface area contributed by atoms with Gasteiger partial charge < -0.3 is 14.7 Å². The molecule has 0 radical (unpaired) electrons. The van der Waals surface area contributed by atoms with Crippen LogP contribution in [0, 0.1) is 5.92 Å². The van der Waals surface area contributed by atoms with Crippen molar-refractivity contribution in [2.24, 2.45) is 5.92 Å². The Morgan fingerprint density at radius 3 is 2.85 bits per heavy atom. The Bertz CT molecular complexity index is 203. The molecule has 1 rings (SSSR count). The molecular formula is C9H17NO3. The maximum atomic E-state index is 11.3. The Balaban J connectivity index is 2.72. The molecule has 1 fully saturated rings. The number of aliphatic hydroxyl groups is 1. The van der Waals surface area contributed by atoms with Gasteiger partial charge in [0.15, 0.2) is 0 Å². The number of esters is 1. The number of carbonyl (C=O) groups is 1. The average Bonchev–Trinajstić information content (AvgIpc) is 2.08. The molecule has 4 heteroatoms. The molecule has 0 aromatic carbocycles. The van der Waals surface area contributed by atoms with E-state index in [4.69, 9.17) is 0 Å². The Morgan fingerprint density at radius 2 is 2.31 bits per heavy atom. The molecule has 1 aliphatic rings. The minimum Gasteiger partial charge on any atom is -0.469 e. The van der Waals surface area contributed by atoms with E-state index in [1.165, 1.54) is 7.11 Å². The maximum absolute atomic E-state index is 11.3. The lowest BCUT2D eigenvalue weighted by molar-refractivity contribution is -0.160. The highest BCUT2D eigenvalue weighted by atomic mass is 16.5. The molecule has 0 bridgehead atoms. The van der Waals surface area contributed by atoms with Gasteiger partial charge in [-0.3, -0.25) is 4.79 Å². The number of likely N-dealkylation sites (tertiary alicyclic amines) is 1. The molecule has 13 heavy (non-hydrogen) atoms. The third kappa shape index (κ3) is 2.19. The minimum atomic E-state index is -0.917. The highest BCUT2D eigenvalue weighted by Gasteiger charge is 2.41. The van der Waals surface area contributed by atoms with Crippen molar-refractivity contribution in [1.82, 2.24) is 4.90 Å². The van der Waals surface area contributed by atoms with Crippen molar-refractivity contribution < 1.29 is 14.6 Å². The summed E-state index contributed by atoms with van der Waals surface area (Å²) in [5, 5.41) is 9.93. The van der Waals surface area contributed by atoms with Crippen LogP contribution in [0.1, 0.15) is 13.3 Å². The molecule has 76 valence electrons. The summed E-state index contributed by atoms with van der Waals surface area (Å²) < 4.78 is 4.65. The Labute approximate surface area is 78.5 Å². The van der Waals surface area contributed by atoms with Crippen LogP contribution in [0.25, 0.3) is 0 Å². The van der Waals surface area contributed by atoms with Gasteiger partial charge in [-0.2, -0.15) is 0 Å². The van der Waals surface area contributed by atoms with E-state index >= 15 is 0 Å². The molecule has 1 heterocycles. The molecule has 2 unspecified atom stereocenters. The summed E-state index contributed by atoms with van der Waals surface area (Å²) in [6, 6.07) is 0. The predicted molar refractivity (Wildman–Crippen MR) is 48.2 cm³/mol. The van der Waals surface area contributed by atoms with Crippen LogP contribution in [0.15, 0.2) is 0 Å². The normalized spacial score (nSPS) is 35.8. The lowest BCUT2D eigenvalue weighted by Gasteiger charge is -2.39. The number of ether oxygens (including phenoxy) is 1. The van der Waals surface area contributed by atoms with Gasteiger partial charge in [-0.15, -0.1) is 0 Å². The van der Waals surface area contributed by atoms with Crippen molar-refractivity contribution >= 4 is 5.97 Å². The Kier molecular flexibility index (Phi) is 2.93. The van der Waals surface area contributed by atoms with Crippen LogP contribution in [-0.4, -0.2) is 48.8 Å². The molecule has 1 N–H and O–H groups in total. The number of hydrogen-bond donors (Lipinski definition) is 1. The predicted octanol–water partition coefficient (Wildman–Crippen LogP) is -0.138. The number of rotatable bonds is 1. The molecule has 0 spiro atoms. The van der Waals surface area contributed by atoms with Gasteiger partial charge in [-0.25, -0.2) is 0 Å². The number of nitrogens with zero attached hydrogens (tertiary/aromatic N) is 1. The molecule has 2 atom stereocenters. The SMILES string of the molecule is COC(=O)C1CN(C)CCC1(C)O. The zero-order chi connectivity index (χ0) is 10.1. The van der Waals surface area contributed by atoms with Crippen molar-refractivity contribution in [3.8, 4) is 0 Å². The number of methoxy groups -OCH3 is 1. The third-order valence-electron chi connectivity index (χ3n) is 2.73. The standard InChI is InChI=1S/C9H17NO3/c1-9(12)4-5-10(2)6-7(9)8(11)13-3/h7,12H,4-6H2,1-3H3. The minimum absolute atomic E-state index is 0.323. The van der Waals surface area contributed by atoms with Crippen LogP contribution in [0.2, 0.25) is 0 Å². The Hall–Kier alpha value is -0.610. The molecule has 0 amide bonds. The molecule has 1 aliphatic heterocycles. The van der Waals surface area contributed by atoms with Gasteiger partial charge in [0.2, 0.25) is 0 Å². The van der Waals surface area contributed by atoms with E-state index in [-0.39, 0.29) is 5.97 Å². The summed E-state index contributed by atoms with van der Waals surface area (Å²) in [4.78, 5) is 13.3. The number of piperidine rings is 1. The van der Waals surface area contributed by atoms with Gasteiger partial charge in [-0.05, 0) is 20.4 Å². The van der Waals surface area contributed by atoms with E-state index in [2.05, 4.69) is 4.74 Å². The van der Waals surface area contributed by atoms with Crippen molar-refractivity contribution in [3.05, 3.63) is 0 Å². The van der Waals surface area contributed by atoms with E-state index < -0.39 is 11.5 Å². The quantitative estimate of drug-likeness (QED) is 0.581. The van der Waals surface area contributed by atoms with Gasteiger partial charge in [-0.1, -0.05) is 0 Å². The van der Waals surface area contributed by atoms with Crippen molar-refractivity contribution in [2.45, 2.75) is 18.9 Å². The highest BCUT2D eigenvalue weighted by molar-refractivity contribution is 5.74. The molecule has 0 aromatic heterocycles. The summed E-state index contributed by atoms with van der Waals surface area (Å²) in [5.74, 6) is -0.743. The second kappa shape index (κ2) is 3.64. The highest BCUT2D eigenvalue weighted by Crippen LogP contribution is 2.27. The average molecular weight is 187 g/mol. The molecule has 0 aromatic rings. The first-order chi connectivity index (χ1) is 5.97. The third-order valence-corrected chi connectivity index (χ3v) is 2.73. The molecule has 1 saturated heterocycles. The topological polar surface area (TPSA) is 49.8 Å². The van der Waals surface area contributed by atoms with Crippen molar-refractivity contribution in [1.29, 1.82) is 0 Å². The van der Waals surface area contributed by atoms with Crippen LogP contribution in [-0.2, 0) is 9.53 Å². The molecule has 0 saturated carbocycles. The summed E-state index contributed by atoms with van der Waals surface area (Å²) in [6.45, 7) is 3.09. The van der Waals surface area contributed by atoms with E-state index in [0.717, 1.165) is 6.54 Å². The van der Waals surface area contributed by atoms with Crippen LogP contribution in [0.3, 0.4) is 0 Å². The Morgan fingerprint density at radius 1 is 1.69 bits per heavy atom. The molecule has 4 nitrogen and oxygen atoms in total. The second-order valence-corrected chi connectivity index (χ2v) is 3.95. The van der Waals surface area contributed by atoms with E-state index in [1.807, 2.05) is 11.9 Å². The second-order valence-electron chi connectivity index (χ2n) is 3.95. The zero-order valence-corrected chi connectivity index (χ0v) is 8.41. The van der Waals surface area contributed by atoms with E-state index in [0.29, 0.717) is 13.0 Å². The van der Waals surface area contributed by atoms with E-state index in [1.54, 1.807) is 6.92 Å². The monoisotopic (exact) mass is 187 g/mol.